The molecule has 2 rings (SSSR count). The Hall–Kier alpha value is -1.55. The lowest BCUT2D eigenvalue weighted by molar-refractivity contribution is 0.114. The first-order valence-corrected chi connectivity index (χ1v) is 7.42. The van der Waals surface area contributed by atoms with Crippen molar-refractivity contribution in [3.63, 3.8) is 0 Å². The van der Waals surface area contributed by atoms with Crippen molar-refractivity contribution in [2.24, 2.45) is 5.92 Å². The molecular formula is C16H24N2O2. The molecule has 3 N–H and O–H groups in total. The maximum Gasteiger partial charge on any atom is 0.315 e. The number of fused-ring (bicyclic) bond motifs is 1. The second kappa shape index (κ2) is 6.75. The first-order valence-electron chi connectivity index (χ1n) is 7.42. The first-order chi connectivity index (χ1) is 9.61. The maximum atomic E-state index is 11.9. The zero-order chi connectivity index (χ0) is 14.5. The van der Waals surface area contributed by atoms with Gasteiger partial charge in [-0.2, -0.15) is 0 Å². The average Bonchev–Trinajstić information content (AvgIpc) is 2.87. The number of hydrogen-bond acceptors (Lipinski definition) is 2. The molecule has 1 aliphatic carbocycles. The Bertz CT molecular complexity index is 462. The number of urea groups is 1. The zero-order valence-corrected chi connectivity index (χ0v) is 12.2. The van der Waals surface area contributed by atoms with Gasteiger partial charge in [-0.05, 0) is 29.9 Å². The number of carbonyl (C=O) groups excluding carboxylic acids is 1. The fourth-order valence-electron chi connectivity index (χ4n) is 2.59. The minimum Gasteiger partial charge on any atom is -0.391 e. The summed E-state index contributed by atoms with van der Waals surface area (Å²) in [5.41, 5.74) is 2.53. The third-order valence-electron chi connectivity index (χ3n) is 4.21. The van der Waals surface area contributed by atoms with Crippen LogP contribution < -0.4 is 10.6 Å². The van der Waals surface area contributed by atoms with Gasteiger partial charge in [0.15, 0.2) is 0 Å². The fourth-order valence-corrected chi connectivity index (χ4v) is 2.59. The lowest BCUT2D eigenvalue weighted by Crippen LogP contribution is -2.42. The molecule has 110 valence electrons. The number of aryl methyl sites for hydroxylation is 1. The van der Waals surface area contributed by atoms with Crippen LogP contribution in [0.5, 0.6) is 0 Å². The Morgan fingerprint density at radius 1 is 1.45 bits per heavy atom. The average molecular weight is 276 g/mol. The summed E-state index contributed by atoms with van der Waals surface area (Å²) in [6, 6.07) is 8.11. The van der Waals surface area contributed by atoms with Crippen LogP contribution in [0.2, 0.25) is 0 Å². The van der Waals surface area contributed by atoms with Crippen LogP contribution in [0.3, 0.4) is 0 Å². The number of amides is 2. The molecule has 0 fully saturated rings. The Morgan fingerprint density at radius 3 is 2.95 bits per heavy atom. The van der Waals surface area contributed by atoms with Crippen molar-refractivity contribution in [3.8, 4) is 0 Å². The number of hydrogen-bond donors (Lipinski definition) is 3. The smallest absolute Gasteiger partial charge is 0.315 e. The molecular weight excluding hydrogens is 252 g/mol. The van der Waals surface area contributed by atoms with E-state index in [1.54, 1.807) is 0 Å². The molecule has 3 unspecified atom stereocenters. The summed E-state index contributed by atoms with van der Waals surface area (Å²) < 4.78 is 0. The van der Waals surface area contributed by atoms with Gasteiger partial charge in [-0.3, -0.25) is 0 Å². The number of nitrogens with one attached hydrogen (secondary N) is 2. The third-order valence-corrected chi connectivity index (χ3v) is 4.21. The molecule has 0 radical (unpaired) electrons. The monoisotopic (exact) mass is 276 g/mol. The van der Waals surface area contributed by atoms with Gasteiger partial charge < -0.3 is 15.7 Å². The van der Waals surface area contributed by atoms with Crippen LogP contribution in [0.15, 0.2) is 24.3 Å². The molecule has 0 spiro atoms. The summed E-state index contributed by atoms with van der Waals surface area (Å²) in [6.07, 6.45) is 2.37. The molecule has 20 heavy (non-hydrogen) atoms. The molecule has 0 saturated heterocycles. The van der Waals surface area contributed by atoms with E-state index in [9.17, 15) is 9.90 Å². The quantitative estimate of drug-likeness (QED) is 0.773. The summed E-state index contributed by atoms with van der Waals surface area (Å²) in [5, 5.41) is 15.6. The highest BCUT2D eigenvalue weighted by Crippen LogP contribution is 2.30. The van der Waals surface area contributed by atoms with Crippen LogP contribution >= 0.6 is 0 Å². The molecule has 4 heteroatoms. The number of benzene rings is 1. The van der Waals surface area contributed by atoms with Crippen LogP contribution in [-0.4, -0.2) is 23.8 Å². The molecule has 1 aromatic rings. The van der Waals surface area contributed by atoms with E-state index >= 15 is 0 Å². The van der Waals surface area contributed by atoms with E-state index in [2.05, 4.69) is 22.8 Å². The molecule has 0 bridgehead atoms. The van der Waals surface area contributed by atoms with E-state index in [1.165, 1.54) is 11.1 Å². The lowest BCUT2D eigenvalue weighted by atomic mass is 10.0. The van der Waals surface area contributed by atoms with Crippen molar-refractivity contribution in [1.82, 2.24) is 10.6 Å². The van der Waals surface area contributed by atoms with Crippen molar-refractivity contribution in [2.45, 2.75) is 45.3 Å². The van der Waals surface area contributed by atoms with Gasteiger partial charge in [-0.25, -0.2) is 4.79 Å². The summed E-state index contributed by atoms with van der Waals surface area (Å²) in [5.74, 6) is 0.197. The van der Waals surface area contributed by atoms with Gasteiger partial charge in [0, 0.05) is 6.54 Å². The summed E-state index contributed by atoms with van der Waals surface area (Å²) in [6.45, 7) is 4.32. The van der Waals surface area contributed by atoms with Crippen LogP contribution in [0.25, 0.3) is 0 Å². The van der Waals surface area contributed by atoms with E-state index < -0.39 is 6.10 Å². The summed E-state index contributed by atoms with van der Waals surface area (Å²) in [7, 11) is 0. The zero-order valence-electron chi connectivity index (χ0n) is 12.2. The molecule has 0 aromatic heterocycles. The molecule has 0 saturated carbocycles. The van der Waals surface area contributed by atoms with Crippen LogP contribution in [0.4, 0.5) is 4.79 Å². The lowest BCUT2D eigenvalue weighted by Gasteiger charge is -2.19. The van der Waals surface area contributed by atoms with Crippen LogP contribution in [0.1, 0.15) is 43.9 Å². The molecule has 4 nitrogen and oxygen atoms in total. The highest BCUT2D eigenvalue weighted by molar-refractivity contribution is 5.74. The molecule has 1 aliphatic rings. The Kier molecular flexibility index (Phi) is 5.01. The fraction of sp³-hybridized carbons (Fsp3) is 0.562. The predicted octanol–water partition coefficient (Wildman–Crippen LogP) is 2.38. The van der Waals surface area contributed by atoms with E-state index in [0.29, 0.717) is 6.54 Å². The maximum absolute atomic E-state index is 11.9. The van der Waals surface area contributed by atoms with E-state index in [0.717, 1.165) is 19.3 Å². The number of carbonyl (C=O) groups is 1. The van der Waals surface area contributed by atoms with E-state index in [-0.39, 0.29) is 18.0 Å². The van der Waals surface area contributed by atoms with Crippen LogP contribution in [-0.2, 0) is 6.42 Å². The minimum atomic E-state index is -0.485. The standard InChI is InChI=1S/C16H24N2O2/c1-3-11(2)15(19)10-17-16(20)18-14-9-8-12-6-4-5-7-13(12)14/h4-7,11,14-15,19H,3,8-10H2,1-2H3,(H2,17,18,20). The highest BCUT2D eigenvalue weighted by atomic mass is 16.3. The third kappa shape index (κ3) is 3.51. The van der Waals surface area contributed by atoms with Gasteiger partial charge in [0.1, 0.15) is 0 Å². The molecule has 2 amide bonds. The second-order valence-corrected chi connectivity index (χ2v) is 5.60. The van der Waals surface area contributed by atoms with Gasteiger partial charge in [0.05, 0.1) is 12.1 Å². The van der Waals surface area contributed by atoms with Crippen molar-refractivity contribution >= 4 is 6.03 Å². The molecule has 0 heterocycles. The Labute approximate surface area is 120 Å². The van der Waals surface area contributed by atoms with Crippen molar-refractivity contribution in [1.29, 1.82) is 0 Å². The largest absolute Gasteiger partial charge is 0.391 e. The molecule has 1 aromatic carbocycles. The highest BCUT2D eigenvalue weighted by Gasteiger charge is 2.23. The predicted molar refractivity (Wildman–Crippen MR) is 79.5 cm³/mol. The summed E-state index contributed by atoms with van der Waals surface area (Å²) in [4.78, 5) is 11.9. The second-order valence-electron chi connectivity index (χ2n) is 5.60. The van der Waals surface area contributed by atoms with Crippen LogP contribution in [0, 0.1) is 5.92 Å². The SMILES string of the molecule is CCC(C)C(O)CNC(=O)NC1CCc2ccccc21. The van der Waals surface area contributed by atoms with Gasteiger partial charge in [-0.1, -0.05) is 44.5 Å². The molecule has 0 aliphatic heterocycles. The van der Waals surface area contributed by atoms with Gasteiger partial charge in [-0.15, -0.1) is 0 Å². The van der Waals surface area contributed by atoms with Crippen molar-refractivity contribution in [3.05, 3.63) is 35.4 Å². The Morgan fingerprint density at radius 2 is 2.20 bits per heavy atom. The topological polar surface area (TPSA) is 61.4 Å². The number of aliphatic hydroxyl groups is 1. The van der Waals surface area contributed by atoms with Crippen molar-refractivity contribution < 1.29 is 9.90 Å². The normalized spacial score (nSPS) is 20.1. The number of aliphatic hydroxyl groups excluding tert-OH is 1. The van der Waals surface area contributed by atoms with Crippen molar-refractivity contribution in [2.75, 3.05) is 6.54 Å². The van der Waals surface area contributed by atoms with E-state index in [4.69, 9.17) is 0 Å². The van der Waals surface area contributed by atoms with Gasteiger partial charge in [0.25, 0.3) is 0 Å². The molecule has 3 atom stereocenters. The Balaban J connectivity index is 1.81. The minimum absolute atomic E-state index is 0.0898. The summed E-state index contributed by atoms with van der Waals surface area (Å²) >= 11 is 0. The van der Waals surface area contributed by atoms with E-state index in [1.807, 2.05) is 26.0 Å². The first kappa shape index (κ1) is 14.9. The van der Waals surface area contributed by atoms with Gasteiger partial charge in [0.2, 0.25) is 0 Å². The number of rotatable bonds is 5. The van der Waals surface area contributed by atoms with Gasteiger partial charge >= 0.3 is 6.03 Å².